The van der Waals surface area contributed by atoms with Gasteiger partial charge in [0.25, 0.3) is 11.8 Å². The Morgan fingerprint density at radius 2 is 1.58 bits per heavy atom. The molecule has 0 aliphatic carbocycles. The average molecular weight is 348 g/mol. The van der Waals surface area contributed by atoms with Crippen LogP contribution >= 0.6 is 0 Å². The molecule has 0 radical (unpaired) electrons. The minimum Gasteiger partial charge on any atom is -0.495 e. The van der Waals surface area contributed by atoms with Crippen LogP contribution < -0.4 is 4.74 Å². The Morgan fingerprint density at radius 1 is 0.962 bits per heavy atom. The fourth-order valence-electron chi connectivity index (χ4n) is 2.86. The summed E-state index contributed by atoms with van der Waals surface area (Å²) in [6, 6.07) is 13.4. The smallest absolute Gasteiger partial charge is 0.369 e. The van der Waals surface area contributed by atoms with Crippen LogP contribution in [0.5, 0.6) is 5.75 Å². The second kappa shape index (κ2) is 5.96. The molecule has 0 atom stereocenters. The van der Waals surface area contributed by atoms with Gasteiger partial charge in [-0.25, -0.2) is 4.79 Å². The SMILES string of the molecule is COc1c(C(=O)ON2C(=O)c3ccccc3C2=O)cnc2ccccc12. The lowest BCUT2D eigenvalue weighted by Gasteiger charge is -2.14. The molecule has 1 aliphatic heterocycles. The van der Waals surface area contributed by atoms with Crippen LogP contribution in [0.15, 0.2) is 54.7 Å². The molecular weight excluding hydrogens is 336 g/mol. The number of rotatable bonds is 3. The van der Waals surface area contributed by atoms with Crippen LogP contribution in [0.1, 0.15) is 31.1 Å². The van der Waals surface area contributed by atoms with E-state index in [2.05, 4.69) is 4.98 Å². The predicted molar refractivity (Wildman–Crippen MR) is 90.7 cm³/mol. The van der Waals surface area contributed by atoms with Crippen molar-refractivity contribution in [2.75, 3.05) is 7.11 Å². The first-order valence-corrected chi connectivity index (χ1v) is 7.73. The van der Waals surface area contributed by atoms with Crippen LogP contribution in [0.3, 0.4) is 0 Å². The second-order valence-corrected chi connectivity index (χ2v) is 5.55. The Kier molecular flexibility index (Phi) is 3.62. The van der Waals surface area contributed by atoms with Gasteiger partial charge in [-0.15, -0.1) is 0 Å². The van der Waals surface area contributed by atoms with Crippen molar-refractivity contribution in [1.82, 2.24) is 10.0 Å². The van der Waals surface area contributed by atoms with E-state index < -0.39 is 17.8 Å². The quantitative estimate of drug-likeness (QED) is 0.676. The standard InChI is InChI=1S/C19H12N2O5/c1-25-16-13-8-4-5-9-15(13)20-10-14(16)19(24)26-21-17(22)11-6-2-3-7-12(11)18(21)23/h2-10H,1H3. The van der Waals surface area contributed by atoms with Gasteiger partial charge in [-0.1, -0.05) is 29.3 Å². The van der Waals surface area contributed by atoms with Gasteiger partial charge in [0.2, 0.25) is 0 Å². The number of hydroxylamine groups is 2. The molecule has 3 aromatic rings. The third kappa shape index (κ3) is 2.29. The van der Waals surface area contributed by atoms with Crippen molar-refractivity contribution in [2.24, 2.45) is 0 Å². The Hall–Kier alpha value is -3.74. The van der Waals surface area contributed by atoms with Gasteiger partial charge in [0.15, 0.2) is 0 Å². The van der Waals surface area contributed by atoms with Gasteiger partial charge in [-0.05, 0) is 24.3 Å². The van der Waals surface area contributed by atoms with Crippen molar-refractivity contribution in [3.63, 3.8) is 0 Å². The number of nitrogens with zero attached hydrogens (tertiary/aromatic N) is 2. The van der Waals surface area contributed by atoms with Crippen LogP contribution in [0, 0.1) is 0 Å². The highest BCUT2D eigenvalue weighted by Crippen LogP contribution is 2.30. The summed E-state index contributed by atoms with van der Waals surface area (Å²) in [5.74, 6) is -2.02. The highest BCUT2D eigenvalue weighted by atomic mass is 16.7. The molecule has 0 unspecified atom stereocenters. The van der Waals surface area contributed by atoms with Crippen LogP contribution in [-0.4, -0.2) is 34.9 Å². The zero-order chi connectivity index (χ0) is 18.3. The first kappa shape index (κ1) is 15.8. The topological polar surface area (TPSA) is 85.8 Å². The first-order chi connectivity index (χ1) is 12.6. The molecule has 0 N–H and O–H groups in total. The number of fused-ring (bicyclic) bond motifs is 2. The number of imide groups is 1. The number of ether oxygens (including phenoxy) is 1. The Balaban J connectivity index is 1.69. The largest absolute Gasteiger partial charge is 0.495 e. The van der Waals surface area contributed by atoms with Gasteiger partial charge in [0.1, 0.15) is 11.3 Å². The van der Waals surface area contributed by atoms with E-state index in [4.69, 9.17) is 9.57 Å². The summed E-state index contributed by atoms with van der Waals surface area (Å²) in [5.41, 5.74) is 1.03. The number of carbonyl (C=O) groups excluding carboxylic acids is 3. The van der Waals surface area contributed by atoms with Gasteiger partial charge >= 0.3 is 5.97 Å². The molecule has 0 saturated heterocycles. The van der Waals surface area contributed by atoms with Gasteiger partial charge in [0, 0.05) is 11.6 Å². The zero-order valence-corrected chi connectivity index (χ0v) is 13.6. The van der Waals surface area contributed by atoms with Gasteiger partial charge in [-0.3, -0.25) is 14.6 Å². The number of hydrogen-bond acceptors (Lipinski definition) is 6. The molecule has 128 valence electrons. The summed E-state index contributed by atoms with van der Waals surface area (Å²) in [4.78, 5) is 46.5. The van der Waals surface area contributed by atoms with Crippen molar-refractivity contribution in [1.29, 1.82) is 0 Å². The third-order valence-corrected chi connectivity index (χ3v) is 4.08. The molecule has 2 amide bonds. The molecule has 4 rings (SSSR count). The minimum atomic E-state index is -0.908. The van der Waals surface area contributed by atoms with E-state index in [0.29, 0.717) is 16.0 Å². The van der Waals surface area contributed by atoms with E-state index in [9.17, 15) is 14.4 Å². The van der Waals surface area contributed by atoms with Gasteiger partial charge in [0.05, 0.1) is 23.8 Å². The maximum atomic E-state index is 12.6. The number of pyridine rings is 1. The highest BCUT2D eigenvalue weighted by molar-refractivity contribution is 6.21. The number of methoxy groups -OCH3 is 1. The van der Waals surface area contributed by atoms with Crippen LogP contribution in [0.4, 0.5) is 0 Å². The molecule has 7 heteroatoms. The maximum absolute atomic E-state index is 12.6. The summed E-state index contributed by atoms with van der Waals surface area (Å²) >= 11 is 0. The highest BCUT2D eigenvalue weighted by Gasteiger charge is 2.39. The Morgan fingerprint density at radius 3 is 2.23 bits per heavy atom. The van der Waals surface area contributed by atoms with Gasteiger partial charge in [-0.2, -0.15) is 0 Å². The Labute approximate surface area is 147 Å². The van der Waals surface area contributed by atoms with Crippen molar-refractivity contribution in [3.05, 3.63) is 71.4 Å². The number of para-hydroxylation sites is 1. The van der Waals surface area contributed by atoms with Crippen LogP contribution in [0.2, 0.25) is 0 Å². The molecule has 0 saturated carbocycles. The second-order valence-electron chi connectivity index (χ2n) is 5.55. The molecule has 0 fully saturated rings. The molecule has 0 spiro atoms. The van der Waals surface area contributed by atoms with Crippen LogP contribution in [0.25, 0.3) is 10.9 Å². The normalized spacial score (nSPS) is 13.0. The third-order valence-electron chi connectivity index (χ3n) is 4.08. The fraction of sp³-hybridized carbons (Fsp3) is 0.0526. The number of hydrogen-bond donors (Lipinski definition) is 0. The van der Waals surface area contributed by atoms with E-state index in [1.807, 2.05) is 6.07 Å². The zero-order valence-electron chi connectivity index (χ0n) is 13.6. The van der Waals surface area contributed by atoms with Gasteiger partial charge < -0.3 is 9.57 Å². The van der Waals surface area contributed by atoms with E-state index in [-0.39, 0.29) is 22.4 Å². The molecular formula is C19H12N2O5. The maximum Gasteiger partial charge on any atom is 0.369 e. The summed E-state index contributed by atoms with van der Waals surface area (Å²) in [6.45, 7) is 0. The monoisotopic (exact) mass is 348 g/mol. The number of benzene rings is 2. The van der Waals surface area contributed by atoms with Crippen molar-refractivity contribution >= 4 is 28.7 Å². The molecule has 26 heavy (non-hydrogen) atoms. The molecule has 0 bridgehead atoms. The van der Waals surface area contributed by atoms with E-state index in [1.54, 1.807) is 30.3 Å². The molecule has 1 aromatic heterocycles. The molecule has 7 nitrogen and oxygen atoms in total. The Bertz CT molecular complexity index is 1040. The fourth-order valence-corrected chi connectivity index (χ4v) is 2.86. The predicted octanol–water partition coefficient (Wildman–Crippen LogP) is 2.61. The van der Waals surface area contributed by atoms with Crippen molar-refractivity contribution in [3.8, 4) is 5.75 Å². The van der Waals surface area contributed by atoms with Crippen molar-refractivity contribution in [2.45, 2.75) is 0 Å². The van der Waals surface area contributed by atoms with E-state index in [1.165, 1.54) is 25.4 Å². The summed E-state index contributed by atoms with van der Waals surface area (Å²) in [6.07, 6.45) is 1.29. The summed E-state index contributed by atoms with van der Waals surface area (Å²) in [5, 5.41) is 1.08. The molecule has 2 heterocycles. The van der Waals surface area contributed by atoms with E-state index in [0.717, 1.165) is 0 Å². The minimum absolute atomic E-state index is 0.0164. The summed E-state index contributed by atoms with van der Waals surface area (Å²) in [7, 11) is 1.42. The number of aromatic nitrogens is 1. The lowest BCUT2D eigenvalue weighted by atomic mass is 10.1. The summed E-state index contributed by atoms with van der Waals surface area (Å²) < 4.78 is 5.33. The average Bonchev–Trinajstić information content (AvgIpc) is 2.92. The van der Waals surface area contributed by atoms with Crippen molar-refractivity contribution < 1.29 is 24.0 Å². The van der Waals surface area contributed by atoms with E-state index >= 15 is 0 Å². The first-order valence-electron chi connectivity index (χ1n) is 7.73. The molecule has 1 aliphatic rings. The lowest BCUT2D eigenvalue weighted by Crippen LogP contribution is -2.32. The number of carbonyl (C=O) groups is 3. The lowest BCUT2D eigenvalue weighted by molar-refractivity contribution is -0.0586. The number of amides is 2. The van der Waals surface area contributed by atoms with Crippen LogP contribution in [-0.2, 0) is 4.84 Å². The molecule has 2 aromatic carbocycles.